The summed E-state index contributed by atoms with van der Waals surface area (Å²) in [6.07, 6.45) is 1.83. The molecule has 0 bridgehead atoms. The van der Waals surface area contributed by atoms with Crippen molar-refractivity contribution in [3.63, 3.8) is 0 Å². The van der Waals surface area contributed by atoms with Gasteiger partial charge in [-0.15, -0.1) is 0 Å². The number of carbonyl (C=O) groups excluding carboxylic acids is 4. The van der Waals surface area contributed by atoms with Gasteiger partial charge in [0.1, 0.15) is 24.0 Å². The fraction of sp³-hybridized carbons (Fsp3) is 0.486. The van der Waals surface area contributed by atoms with Crippen LogP contribution in [0.25, 0.3) is 0 Å². The Hall–Kier alpha value is -3.89. The minimum Gasteiger partial charge on any atom is -0.495 e. The fourth-order valence-corrected chi connectivity index (χ4v) is 5.47. The van der Waals surface area contributed by atoms with E-state index in [9.17, 15) is 19.2 Å². The zero-order chi connectivity index (χ0) is 33.4. The first kappa shape index (κ1) is 35.0. The maximum absolute atomic E-state index is 13.4. The highest BCUT2D eigenvalue weighted by atomic mass is 35.5. The van der Waals surface area contributed by atoms with E-state index in [4.69, 9.17) is 30.5 Å². The van der Waals surface area contributed by atoms with E-state index >= 15 is 0 Å². The van der Waals surface area contributed by atoms with Gasteiger partial charge in [-0.2, -0.15) is 0 Å². The van der Waals surface area contributed by atoms with Crippen molar-refractivity contribution in [1.29, 1.82) is 0 Å². The Bertz CT molecular complexity index is 1430. The highest BCUT2D eigenvalue weighted by molar-refractivity contribution is 6.32. The molecule has 2 aromatic rings. The first-order valence-corrected chi connectivity index (χ1v) is 15.9. The van der Waals surface area contributed by atoms with Gasteiger partial charge in [-0.05, 0) is 55.5 Å². The number of nitrogens with one attached hydrogen (secondary N) is 2. The lowest BCUT2D eigenvalue weighted by Crippen LogP contribution is -2.51. The summed E-state index contributed by atoms with van der Waals surface area (Å²) in [5, 5.41) is 5.89. The molecule has 0 aliphatic carbocycles. The number of methoxy groups -OCH3 is 1. The predicted octanol–water partition coefficient (Wildman–Crippen LogP) is 4.88. The van der Waals surface area contributed by atoms with Crippen LogP contribution in [-0.4, -0.2) is 61.8 Å². The summed E-state index contributed by atoms with van der Waals surface area (Å²) in [5.74, 6) is -1.79. The molecule has 10 nitrogen and oxygen atoms in total. The number of amides is 2. The van der Waals surface area contributed by atoms with Crippen LogP contribution in [0.5, 0.6) is 5.75 Å². The summed E-state index contributed by atoms with van der Waals surface area (Å²) in [6.45, 7) is 6.98. The minimum atomic E-state index is -1.19. The predicted molar refractivity (Wildman–Crippen MR) is 172 cm³/mol. The molecule has 5 atom stereocenters. The lowest BCUT2D eigenvalue weighted by Gasteiger charge is -2.28. The standard InChI is InChI=1S/C35H43ClN2O8/c1-21(2)16-29-33(41)44-24(19-28-31(45-28)23-10-7-6-8-11-23)12-9-13-30(39)38-26(18-22-14-15-27(43-5)25(36)17-22)32(40)37-20-35(3,4)34(42)46-29/h6-11,13-15,17,21,24,26,28-29,31H,12,16,18-20H2,1-5H3,(H,37,40)(H,38,39)/b13-9+/t24-,26+,28+,29-,31?/m0/s1. The van der Waals surface area contributed by atoms with Crippen molar-refractivity contribution in [2.24, 2.45) is 11.3 Å². The molecule has 0 spiro atoms. The monoisotopic (exact) mass is 654 g/mol. The molecular formula is C35H43ClN2O8. The van der Waals surface area contributed by atoms with Crippen LogP contribution < -0.4 is 15.4 Å². The number of esters is 2. The average molecular weight is 655 g/mol. The molecular weight excluding hydrogens is 612 g/mol. The van der Waals surface area contributed by atoms with Gasteiger partial charge < -0.3 is 29.6 Å². The third kappa shape index (κ3) is 9.80. The SMILES string of the molecule is COc1ccc(C[C@H]2NC(=O)/C=C/C[C@@H](C[C@H]3OC3c3ccccc3)OC(=O)[C@H](CC(C)C)OC(=O)C(C)(C)CNC2=O)cc1Cl. The van der Waals surface area contributed by atoms with E-state index in [1.807, 2.05) is 44.2 Å². The van der Waals surface area contributed by atoms with Crippen LogP contribution in [-0.2, 0) is 39.8 Å². The van der Waals surface area contributed by atoms with Gasteiger partial charge in [-0.3, -0.25) is 14.4 Å². The number of rotatable bonds is 8. The first-order valence-electron chi connectivity index (χ1n) is 15.6. The van der Waals surface area contributed by atoms with Gasteiger partial charge in [0.15, 0.2) is 6.10 Å². The Labute approximate surface area is 275 Å². The molecule has 2 N–H and O–H groups in total. The molecule has 2 aliphatic rings. The molecule has 0 radical (unpaired) electrons. The molecule has 1 fully saturated rings. The molecule has 0 saturated carbocycles. The molecule has 2 aliphatic heterocycles. The highest BCUT2D eigenvalue weighted by Crippen LogP contribution is 2.42. The molecule has 248 valence electrons. The van der Waals surface area contributed by atoms with Gasteiger partial charge in [0, 0.05) is 25.8 Å². The molecule has 2 aromatic carbocycles. The molecule has 2 amide bonds. The molecule has 46 heavy (non-hydrogen) atoms. The summed E-state index contributed by atoms with van der Waals surface area (Å²) >= 11 is 6.30. The molecule has 1 saturated heterocycles. The van der Waals surface area contributed by atoms with E-state index in [0.717, 1.165) is 5.56 Å². The number of carbonyl (C=O) groups is 4. The van der Waals surface area contributed by atoms with Crippen LogP contribution in [0.2, 0.25) is 5.02 Å². The second-order valence-corrected chi connectivity index (χ2v) is 13.2. The van der Waals surface area contributed by atoms with E-state index in [2.05, 4.69) is 10.6 Å². The summed E-state index contributed by atoms with van der Waals surface area (Å²) < 4.78 is 22.8. The maximum Gasteiger partial charge on any atom is 0.347 e. The number of ether oxygens (including phenoxy) is 4. The fourth-order valence-electron chi connectivity index (χ4n) is 5.19. The van der Waals surface area contributed by atoms with Crippen molar-refractivity contribution in [1.82, 2.24) is 10.6 Å². The molecule has 11 heteroatoms. The smallest absolute Gasteiger partial charge is 0.347 e. The van der Waals surface area contributed by atoms with Crippen molar-refractivity contribution in [3.05, 3.63) is 76.8 Å². The highest BCUT2D eigenvalue weighted by Gasteiger charge is 2.43. The molecule has 4 rings (SSSR count). The van der Waals surface area contributed by atoms with E-state index in [1.54, 1.807) is 38.1 Å². The summed E-state index contributed by atoms with van der Waals surface area (Å²) in [5.41, 5.74) is 0.534. The van der Waals surface area contributed by atoms with Crippen molar-refractivity contribution in [2.75, 3.05) is 13.7 Å². The van der Waals surface area contributed by atoms with Gasteiger partial charge in [0.25, 0.3) is 0 Å². The Balaban J connectivity index is 1.57. The van der Waals surface area contributed by atoms with E-state index < -0.39 is 47.4 Å². The maximum atomic E-state index is 13.4. The van der Waals surface area contributed by atoms with Crippen LogP contribution in [0.3, 0.4) is 0 Å². The Kier molecular flexibility index (Phi) is 11.9. The van der Waals surface area contributed by atoms with Crippen molar-refractivity contribution in [2.45, 2.75) is 83.8 Å². The second-order valence-electron chi connectivity index (χ2n) is 12.8. The molecule has 1 unspecified atom stereocenters. The molecule has 2 heterocycles. The second kappa shape index (κ2) is 15.6. The van der Waals surface area contributed by atoms with Gasteiger partial charge in [0.05, 0.1) is 23.7 Å². The Morgan fingerprint density at radius 1 is 1.04 bits per heavy atom. The lowest BCUT2D eigenvalue weighted by molar-refractivity contribution is -0.177. The van der Waals surface area contributed by atoms with Gasteiger partial charge in [0.2, 0.25) is 11.8 Å². The summed E-state index contributed by atoms with van der Waals surface area (Å²) in [7, 11) is 1.51. The zero-order valence-corrected chi connectivity index (χ0v) is 27.7. The van der Waals surface area contributed by atoms with Gasteiger partial charge >= 0.3 is 11.9 Å². The van der Waals surface area contributed by atoms with Crippen molar-refractivity contribution in [3.8, 4) is 5.75 Å². The third-order valence-electron chi connectivity index (χ3n) is 7.90. The van der Waals surface area contributed by atoms with Crippen LogP contribution in [0.4, 0.5) is 0 Å². The normalized spacial score (nSPS) is 26.4. The zero-order valence-electron chi connectivity index (χ0n) is 26.9. The van der Waals surface area contributed by atoms with E-state index in [-0.39, 0.29) is 43.9 Å². The van der Waals surface area contributed by atoms with Crippen LogP contribution >= 0.6 is 11.6 Å². The summed E-state index contributed by atoms with van der Waals surface area (Å²) in [4.78, 5) is 53.2. The first-order chi connectivity index (χ1) is 21.9. The van der Waals surface area contributed by atoms with Crippen LogP contribution in [0.1, 0.15) is 64.2 Å². The number of hydrogen-bond donors (Lipinski definition) is 2. The van der Waals surface area contributed by atoms with Crippen LogP contribution in [0, 0.1) is 11.3 Å². The van der Waals surface area contributed by atoms with Crippen LogP contribution in [0.15, 0.2) is 60.7 Å². The van der Waals surface area contributed by atoms with Gasteiger partial charge in [-0.25, -0.2) is 4.79 Å². The minimum absolute atomic E-state index is 0.0299. The largest absolute Gasteiger partial charge is 0.495 e. The third-order valence-corrected chi connectivity index (χ3v) is 8.20. The van der Waals surface area contributed by atoms with E-state index in [1.165, 1.54) is 13.2 Å². The van der Waals surface area contributed by atoms with Crippen molar-refractivity contribution < 1.29 is 38.1 Å². The number of benzene rings is 2. The Morgan fingerprint density at radius 2 is 1.78 bits per heavy atom. The Morgan fingerprint density at radius 3 is 2.46 bits per heavy atom. The van der Waals surface area contributed by atoms with Gasteiger partial charge in [-0.1, -0.05) is 67.9 Å². The van der Waals surface area contributed by atoms with Crippen molar-refractivity contribution >= 4 is 35.4 Å². The number of cyclic esters (lactones) is 2. The number of epoxide rings is 1. The average Bonchev–Trinajstić information content (AvgIpc) is 3.78. The lowest BCUT2D eigenvalue weighted by atomic mass is 9.93. The quantitative estimate of drug-likeness (QED) is 0.304. The topological polar surface area (TPSA) is 133 Å². The van der Waals surface area contributed by atoms with E-state index in [0.29, 0.717) is 22.8 Å². The number of halogens is 1. The number of hydrogen-bond acceptors (Lipinski definition) is 8. The molecule has 0 aromatic heterocycles. The summed E-state index contributed by atoms with van der Waals surface area (Å²) in [6, 6.07) is 13.9.